The zero-order valence-electron chi connectivity index (χ0n) is 16.8. The second-order valence-electron chi connectivity index (χ2n) is 5.83. The van der Waals surface area contributed by atoms with Crippen LogP contribution < -0.4 is 15.4 Å². The molecule has 0 amide bonds. The van der Waals surface area contributed by atoms with E-state index in [1.807, 2.05) is 25.1 Å². The maximum absolute atomic E-state index is 12.0. The number of rotatable bonds is 8. The Bertz CT molecular complexity index is 832. The summed E-state index contributed by atoms with van der Waals surface area (Å²) in [6.45, 7) is 6.86. The van der Waals surface area contributed by atoms with Gasteiger partial charge in [-0.2, -0.15) is 0 Å². The summed E-state index contributed by atoms with van der Waals surface area (Å²) < 4.78 is 10.7. The third kappa shape index (κ3) is 7.63. The molecule has 1 unspecified atom stereocenters. The van der Waals surface area contributed by atoms with Crippen molar-refractivity contribution in [2.75, 3.05) is 26.8 Å². The van der Waals surface area contributed by atoms with Crippen molar-refractivity contribution in [1.82, 2.24) is 15.6 Å². The molecule has 7 nitrogen and oxygen atoms in total. The molecule has 2 N–H and O–H groups in total. The lowest BCUT2D eigenvalue weighted by molar-refractivity contribution is 0.0531. The van der Waals surface area contributed by atoms with E-state index in [0.29, 0.717) is 47.1 Å². The Morgan fingerprint density at radius 3 is 2.76 bits per heavy atom. The number of para-hydroxylation sites is 1. The molecule has 0 radical (unpaired) electrons. The molecule has 2 rings (SSSR count). The van der Waals surface area contributed by atoms with Crippen LogP contribution in [0.15, 0.2) is 29.3 Å². The van der Waals surface area contributed by atoms with Crippen molar-refractivity contribution >= 4 is 58.8 Å². The number of nitrogens with zero attached hydrogens (tertiary/aromatic N) is 2. The van der Waals surface area contributed by atoms with Crippen molar-refractivity contribution in [2.45, 2.75) is 26.8 Å². The number of aliphatic imine (C=N–C) groups is 1. The van der Waals surface area contributed by atoms with Crippen molar-refractivity contribution in [2.24, 2.45) is 4.99 Å². The fourth-order valence-corrected chi connectivity index (χ4v) is 3.50. The molecule has 0 saturated heterocycles. The van der Waals surface area contributed by atoms with Crippen LogP contribution in [0.2, 0.25) is 5.02 Å². The largest absolute Gasteiger partial charge is 0.490 e. The predicted octanol–water partition coefficient (Wildman–Crippen LogP) is 4.20. The molecule has 0 aliphatic heterocycles. The Labute approximate surface area is 197 Å². The first-order valence-corrected chi connectivity index (χ1v) is 10.1. The molecule has 0 fully saturated rings. The van der Waals surface area contributed by atoms with Crippen LogP contribution in [0, 0.1) is 6.92 Å². The van der Waals surface area contributed by atoms with Gasteiger partial charge in [-0.05, 0) is 32.9 Å². The van der Waals surface area contributed by atoms with Gasteiger partial charge in [-0.25, -0.2) is 9.78 Å². The van der Waals surface area contributed by atoms with Crippen LogP contribution in [0.1, 0.15) is 40.3 Å². The van der Waals surface area contributed by atoms with E-state index < -0.39 is 0 Å². The standard InChI is InChI=1S/C19H25ClN4O3S.HI/c1-5-26-18(25)16-12(2)23-17(28-16)13(3)24-19(21-4)22-10-11-27-15-9-7-6-8-14(15)20;/h6-9,13H,5,10-11H2,1-4H3,(H2,21,22,24);1H. The first kappa shape index (κ1) is 25.4. The fraction of sp³-hybridized carbons (Fsp3) is 0.421. The average molecular weight is 553 g/mol. The molecule has 0 bridgehead atoms. The highest BCUT2D eigenvalue weighted by molar-refractivity contribution is 14.0. The van der Waals surface area contributed by atoms with Crippen LogP contribution in [0.4, 0.5) is 0 Å². The van der Waals surface area contributed by atoms with Crippen molar-refractivity contribution in [3.8, 4) is 5.75 Å². The minimum atomic E-state index is -0.338. The van der Waals surface area contributed by atoms with Gasteiger partial charge in [0.25, 0.3) is 0 Å². The molecule has 10 heteroatoms. The second kappa shape index (κ2) is 12.9. The van der Waals surface area contributed by atoms with Gasteiger partial charge >= 0.3 is 5.97 Å². The molecule has 1 aromatic heterocycles. The van der Waals surface area contributed by atoms with E-state index in [-0.39, 0.29) is 36.0 Å². The molecule has 0 saturated carbocycles. The third-order valence-electron chi connectivity index (χ3n) is 3.71. The van der Waals surface area contributed by atoms with Gasteiger partial charge in [-0.1, -0.05) is 23.7 Å². The molecule has 2 aromatic rings. The topological polar surface area (TPSA) is 84.8 Å². The van der Waals surface area contributed by atoms with Crippen molar-refractivity contribution in [1.29, 1.82) is 0 Å². The summed E-state index contributed by atoms with van der Waals surface area (Å²) in [5, 5.41) is 7.80. The number of hydrogen-bond donors (Lipinski definition) is 2. The number of carbonyl (C=O) groups is 1. The lowest BCUT2D eigenvalue weighted by Crippen LogP contribution is -2.40. The maximum atomic E-state index is 12.0. The van der Waals surface area contributed by atoms with Crippen molar-refractivity contribution in [3.05, 3.63) is 44.9 Å². The van der Waals surface area contributed by atoms with Gasteiger partial charge in [0.2, 0.25) is 0 Å². The number of esters is 1. The first-order valence-electron chi connectivity index (χ1n) is 8.95. The van der Waals surface area contributed by atoms with Gasteiger partial charge < -0.3 is 20.1 Å². The van der Waals surface area contributed by atoms with E-state index in [1.54, 1.807) is 27.0 Å². The number of halogens is 2. The summed E-state index contributed by atoms with van der Waals surface area (Å²) >= 11 is 7.39. The van der Waals surface area contributed by atoms with Gasteiger partial charge in [-0.3, -0.25) is 4.99 Å². The Hall–Kier alpha value is -1.59. The number of aryl methyl sites for hydroxylation is 1. The molecular formula is C19H26ClIN4O3S. The van der Waals surface area contributed by atoms with Crippen molar-refractivity contribution in [3.63, 3.8) is 0 Å². The predicted molar refractivity (Wildman–Crippen MR) is 128 cm³/mol. The zero-order valence-corrected chi connectivity index (χ0v) is 20.7. The Morgan fingerprint density at radius 1 is 1.38 bits per heavy atom. The quantitative estimate of drug-likeness (QED) is 0.168. The van der Waals surface area contributed by atoms with Gasteiger partial charge in [0.05, 0.1) is 29.9 Å². The lowest BCUT2D eigenvalue weighted by atomic mass is 10.3. The fourth-order valence-electron chi connectivity index (χ4n) is 2.34. The van der Waals surface area contributed by atoms with Crippen LogP contribution in [0.3, 0.4) is 0 Å². The normalized spacial score (nSPS) is 12.0. The highest BCUT2D eigenvalue weighted by Gasteiger charge is 2.20. The molecule has 1 atom stereocenters. The zero-order chi connectivity index (χ0) is 20.5. The molecule has 29 heavy (non-hydrogen) atoms. The average Bonchev–Trinajstić information content (AvgIpc) is 3.07. The highest BCUT2D eigenvalue weighted by Crippen LogP contribution is 2.24. The van der Waals surface area contributed by atoms with E-state index in [9.17, 15) is 4.79 Å². The van der Waals surface area contributed by atoms with E-state index in [1.165, 1.54) is 11.3 Å². The summed E-state index contributed by atoms with van der Waals surface area (Å²) in [7, 11) is 1.69. The van der Waals surface area contributed by atoms with Crippen LogP contribution in [-0.2, 0) is 4.74 Å². The summed E-state index contributed by atoms with van der Waals surface area (Å²) in [6, 6.07) is 7.21. The minimum absolute atomic E-state index is 0. The van der Waals surface area contributed by atoms with Gasteiger partial charge in [0, 0.05) is 7.05 Å². The van der Waals surface area contributed by atoms with E-state index in [4.69, 9.17) is 21.1 Å². The molecule has 160 valence electrons. The van der Waals surface area contributed by atoms with Crippen LogP contribution in [0.5, 0.6) is 5.75 Å². The van der Waals surface area contributed by atoms with Gasteiger partial charge in [0.15, 0.2) is 5.96 Å². The van der Waals surface area contributed by atoms with Crippen LogP contribution in [-0.4, -0.2) is 43.7 Å². The summed E-state index contributed by atoms with van der Waals surface area (Å²) in [5.74, 6) is 0.919. The third-order valence-corrected chi connectivity index (χ3v) is 5.34. The summed E-state index contributed by atoms with van der Waals surface area (Å²) in [6.07, 6.45) is 0. The minimum Gasteiger partial charge on any atom is -0.490 e. The number of benzene rings is 1. The van der Waals surface area contributed by atoms with Crippen molar-refractivity contribution < 1.29 is 14.3 Å². The number of thiazole rings is 1. The molecular weight excluding hydrogens is 527 g/mol. The molecule has 0 aliphatic rings. The SMILES string of the molecule is CCOC(=O)c1sc(C(C)NC(=NC)NCCOc2ccccc2Cl)nc1C.I. The highest BCUT2D eigenvalue weighted by atomic mass is 127. The summed E-state index contributed by atoms with van der Waals surface area (Å²) in [5.41, 5.74) is 0.670. The molecule has 1 heterocycles. The first-order chi connectivity index (χ1) is 13.5. The lowest BCUT2D eigenvalue weighted by Gasteiger charge is -2.16. The number of carbonyl (C=O) groups excluding carboxylic acids is 1. The van der Waals surface area contributed by atoms with Gasteiger partial charge in [-0.15, -0.1) is 35.3 Å². The van der Waals surface area contributed by atoms with Crippen LogP contribution >= 0.6 is 46.9 Å². The summed E-state index contributed by atoms with van der Waals surface area (Å²) in [4.78, 5) is 21.2. The number of aromatic nitrogens is 1. The Balaban J connectivity index is 0.00000420. The maximum Gasteiger partial charge on any atom is 0.350 e. The van der Waals surface area contributed by atoms with E-state index in [0.717, 1.165) is 5.01 Å². The number of hydrogen-bond acceptors (Lipinski definition) is 6. The Kier molecular flexibility index (Phi) is 11.3. The molecule has 0 aliphatic carbocycles. The smallest absolute Gasteiger partial charge is 0.350 e. The number of nitrogens with one attached hydrogen (secondary N) is 2. The van der Waals surface area contributed by atoms with Gasteiger partial charge in [0.1, 0.15) is 22.2 Å². The van der Waals surface area contributed by atoms with E-state index in [2.05, 4.69) is 20.6 Å². The van der Waals surface area contributed by atoms with E-state index >= 15 is 0 Å². The molecule has 0 spiro atoms. The molecule has 1 aromatic carbocycles. The Morgan fingerprint density at radius 2 is 2.10 bits per heavy atom. The monoisotopic (exact) mass is 552 g/mol. The number of ether oxygens (including phenoxy) is 2. The number of guanidine groups is 1. The van der Waals surface area contributed by atoms with Crippen LogP contribution in [0.25, 0.3) is 0 Å². The second-order valence-corrected chi connectivity index (χ2v) is 7.27.